The van der Waals surface area contributed by atoms with Gasteiger partial charge in [0.2, 0.25) is 0 Å². The minimum Gasteiger partial charge on any atom is -0.497 e. The molecular formula is C20H25N3O3. The molecule has 0 radical (unpaired) electrons. The normalized spacial score (nSPS) is 20.9. The Morgan fingerprint density at radius 2 is 2.12 bits per heavy atom. The van der Waals surface area contributed by atoms with Crippen molar-refractivity contribution in [2.24, 2.45) is 0 Å². The van der Waals surface area contributed by atoms with Crippen LogP contribution in [0.15, 0.2) is 28.7 Å². The first kappa shape index (κ1) is 17.1. The number of aromatic nitrogens is 2. The summed E-state index contributed by atoms with van der Waals surface area (Å²) in [6.07, 6.45) is 1.13. The van der Waals surface area contributed by atoms with Crippen molar-refractivity contribution in [3.63, 3.8) is 0 Å². The van der Waals surface area contributed by atoms with Crippen LogP contribution in [0.2, 0.25) is 0 Å². The van der Waals surface area contributed by atoms with Crippen LogP contribution >= 0.6 is 0 Å². The number of benzene rings is 1. The average molecular weight is 355 g/mol. The summed E-state index contributed by atoms with van der Waals surface area (Å²) >= 11 is 0. The number of hydrogen-bond donors (Lipinski definition) is 1. The smallest absolute Gasteiger partial charge is 0.134 e. The van der Waals surface area contributed by atoms with Gasteiger partial charge in [0.05, 0.1) is 31.5 Å². The lowest BCUT2D eigenvalue weighted by molar-refractivity contribution is 0.106. The van der Waals surface area contributed by atoms with Crippen LogP contribution in [0.5, 0.6) is 5.75 Å². The molecule has 0 unspecified atom stereocenters. The van der Waals surface area contributed by atoms with Gasteiger partial charge in [-0.2, -0.15) is 0 Å². The molecule has 3 heterocycles. The topological polar surface area (TPSA) is 63.5 Å². The van der Waals surface area contributed by atoms with Crippen molar-refractivity contribution >= 4 is 11.0 Å². The van der Waals surface area contributed by atoms with E-state index in [4.69, 9.17) is 18.9 Å². The number of rotatable bonds is 5. The number of nitrogens with one attached hydrogen (secondary N) is 1. The first-order valence-electron chi connectivity index (χ1n) is 8.93. The van der Waals surface area contributed by atoms with Gasteiger partial charge >= 0.3 is 0 Å². The molecule has 1 aliphatic heterocycles. The molecule has 1 saturated heterocycles. The van der Waals surface area contributed by atoms with Crippen LogP contribution in [0.4, 0.5) is 0 Å². The van der Waals surface area contributed by atoms with Crippen LogP contribution in [0, 0.1) is 13.8 Å². The van der Waals surface area contributed by atoms with Gasteiger partial charge in [-0.05, 0) is 44.5 Å². The molecule has 1 aliphatic rings. The number of imidazole rings is 1. The highest BCUT2D eigenvalue weighted by molar-refractivity contribution is 5.79. The zero-order valence-electron chi connectivity index (χ0n) is 15.7. The Kier molecular flexibility index (Phi) is 4.46. The number of furan rings is 1. The molecule has 0 saturated carbocycles. The van der Waals surface area contributed by atoms with Gasteiger partial charge in [0, 0.05) is 24.7 Å². The van der Waals surface area contributed by atoms with Gasteiger partial charge in [-0.3, -0.25) is 4.90 Å². The van der Waals surface area contributed by atoms with E-state index in [-0.39, 0.29) is 12.1 Å². The number of hydrogen-bond acceptors (Lipinski definition) is 5. The number of aromatic amines is 1. The van der Waals surface area contributed by atoms with Crippen molar-refractivity contribution in [2.45, 2.75) is 39.0 Å². The lowest BCUT2D eigenvalue weighted by Gasteiger charge is -2.21. The number of ether oxygens (including phenoxy) is 2. The Morgan fingerprint density at radius 1 is 1.27 bits per heavy atom. The van der Waals surface area contributed by atoms with Crippen LogP contribution in [-0.2, 0) is 11.3 Å². The maximum atomic E-state index is 6.04. The summed E-state index contributed by atoms with van der Waals surface area (Å²) < 4.78 is 17.0. The number of likely N-dealkylation sites (tertiary alicyclic amines) is 1. The van der Waals surface area contributed by atoms with Gasteiger partial charge < -0.3 is 18.9 Å². The minimum absolute atomic E-state index is 0.204. The molecule has 3 aromatic rings. The molecule has 6 nitrogen and oxygen atoms in total. The Bertz CT molecular complexity index is 895. The molecule has 138 valence electrons. The summed E-state index contributed by atoms with van der Waals surface area (Å²) in [6.45, 7) is 5.68. The second-order valence-electron chi connectivity index (χ2n) is 6.99. The molecule has 0 spiro atoms. The van der Waals surface area contributed by atoms with Crippen LogP contribution < -0.4 is 4.74 Å². The minimum atomic E-state index is 0.204. The number of fused-ring (bicyclic) bond motifs is 1. The third-order valence-electron chi connectivity index (χ3n) is 5.29. The average Bonchev–Trinajstić information content (AvgIpc) is 3.31. The van der Waals surface area contributed by atoms with Crippen molar-refractivity contribution in [1.29, 1.82) is 0 Å². The maximum absolute atomic E-state index is 6.04. The first-order valence-corrected chi connectivity index (χ1v) is 8.93. The Morgan fingerprint density at radius 3 is 2.81 bits per heavy atom. The van der Waals surface area contributed by atoms with Gasteiger partial charge in [-0.25, -0.2) is 4.98 Å². The van der Waals surface area contributed by atoms with E-state index in [0.29, 0.717) is 0 Å². The summed E-state index contributed by atoms with van der Waals surface area (Å²) in [7, 11) is 3.45. The van der Waals surface area contributed by atoms with Gasteiger partial charge in [-0.15, -0.1) is 0 Å². The summed E-state index contributed by atoms with van der Waals surface area (Å²) in [6, 6.07) is 8.17. The molecule has 26 heavy (non-hydrogen) atoms. The van der Waals surface area contributed by atoms with Crippen LogP contribution in [0.25, 0.3) is 11.0 Å². The van der Waals surface area contributed by atoms with Crippen molar-refractivity contribution in [3.05, 3.63) is 47.2 Å². The number of H-pyrrole nitrogens is 1. The molecule has 0 aliphatic carbocycles. The fraction of sp³-hybridized carbons (Fsp3) is 0.450. The predicted octanol–water partition coefficient (Wildman–Crippen LogP) is 3.74. The summed E-state index contributed by atoms with van der Waals surface area (Å²) in [5, 5.41) is 1.06. The van der Waals surface area contributed by atoms with Gasteiger partial charge in [0.1, 0.15) is 22.9 Å². The fourth-order valence-corrected chi connectivity index (χ4v) is 3.71. The van der Waals surface area contributed by atoms with Gasteiger partial charge in [0.25, 0.3) is 0 Å². The monoisotopic (exact) mass is 355 g/mol. The van der Waals surface area contributed by atoms with Crippen LogP contribution in [0.1, 0.15) is 35.4 Å². The molecule has 1 N–H and O–H groups in total. The van der Waals surface area contributed by atoms with E-state index in [0.717, 1.165) is 59.2 Å². The highest BCUT2D eigenvalue weighted by Crippen LogP contribution is 2.34. The summed E-state index contributed by atoms with van der Waals surface area (Å²) in [5.74, 6) is 2.79. The third kappa shape index (κ3) is 3.10. The van der Waals surface area contributed by atoms with Crippen molar-refractivity contribution < 1.29 is 13.9 Å². The van der Waals surface area contributed by atoms with Crippen LogP contribution in [-0.4, -0.2) is 41.7 Å². The zero-order valence-corrected chi connectivity index (χ0v) is 15.7. The van der Waals surface area contributed by atoms with Crippen molar-refractivity contribution in [3.8, 4) is 5.75 Å². The molecule has 6 heteroatoms. The third-order valence-corrected chi connectivity index (χ3v) is 5.29. The zero-order chi connectivity index (χ0) is 18.3. The molecule has 2 aromatic heterocycles. The first-order chi connectivity index (χ1) is 12.6. The Balaban J connectivity index is 1.60. The van der Waals surface area contributed by atoms with Crippen molar-refractivity contribution in [1.82, 2.24) is 14.9 Å². The number of aryl methyl sites for hydroxylation is 2. The lowest BCUT2D eigenvalue weighted by Crippen LogP contribution is -2.25. The van der Waals surface area contributed by atoms with E-state index in [9.17, 15) is 0 Å². The second kappa shape index (κ2) is 6.78. The Hall–Kier alpha value is -2.31. The molecule has 1 fully saturated rings. The standard InChI is InChI=1S/C20H25N3O3/c1-12-13(2)22-20(21-12)18-9-16(25-4)10-23(18)11-17-8-14-7-15(24-3)5-6-19(14)26-17/h5-8,16,18H,9-11H2,1-4H3,(H,21,22)/t16-,18+/m1/s1. The SMILES string of the molecule is COc1ccc2oc(CN3C[C@H](OC)C[C@H]3c3nc(C)c(C)[nH]3)cc2c1. The van der Waals surface area contributed by atoms with Crippen LogP contribution in [0.3, 0.4) is 0 Å². The second-order valence-corrected chi connectivity index (χ2v) is 6.99. The lowest BCUT2D eigenvalue weighted by atomic mass is 10.2. The van der Waals surface area contributed by atoms with E-state index < -0.39 is 0 Å². The van der Waals surface area contributed by atoms with E-state index in [1.165, 1.54) is 0 Å². The molecule has 0 bridgehead atoms. The van der Waals surface area contributed by atoms with E-state index >= 15 is 0 Å². The maximum Gasteiger partial charge on any atom is 0.134 e. The highest BCUT2D eigenvalue weighted by Gasteiger charge is 2.35. The molecule has 2 atom stereocenters. The molecule has 4 rings (SSSR count). The van der Waals surface area contributed by atoms with E-state index in [1.54, 1.807) is 14.2 Å². The van der Waals surface area contributed by atoms with E-state index in [1.807, 2.05) is 25.1 Å². The summed E-state index contributed by atoms with van der Waals surface area (Å²) in [4.78, 5) is 10.5. The molecular weight excluding hydrogens is 330 g/mol. The number of nitrogens with zero attached hydrogens (tertiary/aromatic N) is 2. The van der Waals surface area contributed by atoms with Gasteiger partial charge in [0.15, 0.2) is 0 Å². The van der Waals surface area contributed by atoms with E-state index in [2.05, 4.69) is 22.9 Å². The molecule has 1 aromatic carbocycles. The highest BCUT2D eigenvalue weighted by atomic mass is 16.5. The number of methoxy groups -OCH3 is 2. The van der Waals surface area contributed by atoms with Gasteiger partial charge in [-0.1, -0.05) is 0 Å². The largest absolute Gasteiger partial charge is 0.497 e. The predicted molar refractivity (Wildman–Crippen MR) is 99.4 cm³/mol. The summed E-state index contributed by atoms with van der Waals surface area (Å²) in [5.41, 5.74) is 3.05. The fourth-order valence-electron chi connectivity index (χ4n) is 3.71. The Labute approximate surface area is 153 Å². The quantitative estimate of drug-likeness (QED) is 0.755. The molecule has 0 amide bonds. The van der Waals surface area contributed by atoms with Crippen molar-refractivity contribution in [2.75, 3.05) is 20.8 Å².